The number of hydrogen-bond acceptors (Lipinski definition) is 4. The molecule has 0 saturated carbocycles. The van der Waals surface area contributed by atoms with E-state index in [2.05, 4.69) is 12.2 Å². The molecule has 0 amide bonds. The van der Waals surface area contributed by atoms with E-state index in [0.717, 1.165) is 23.5 Å². The molecule has 1 unspecified atom stereocenters. The quantitative estimate of drug-likeness (QED) is 0.648. The highest BCUT2D eigenvalue weighted by molar-refractivity contribution is 5.46. The minimum atomic E-state index is -0.352. The number of nitrogens with one attached hydrogen (secondary N) is 1. The van der Waals surface area contributed by atoms with Crippen LogP contribution >= 0.6 is 0 Å². The summed E-state index contributed by atoms with van der Waals surface area (Å²) in [6.45, 7) is 5.87. The van der Waals surface area contributed by atoms with Crippen molar-refractivity contribution in [2.24, 2.45) is 0 Å². The Kier molecular flexibility index (Phi) is 8.07. The Balaban J connectivity index is 2.65. The summed E-state index contributed by atoms with van der Waals surface area (Å²) >= 11 is 0. The Morgan fingerprint density at radius 3 is 2.75 bits per heavy atom. The van der Waals surface area contributed by atoms with E-state index in [9.17, 15) is 5.11 Å². The molecule has 4 nitrogen and oxygen atoms in total. The lowest BCUT2D eigenvalue weighted by Crippen LogP contribution is -2.24. The maximum atomic E-state index is 9.28. The van der Waals surface area contributed by atoms with E-state index >= 15 is 0 Å². The molecule has 0 spiro atoms. The highest BCUT2D eigenvalue weighted by Crippen LogP contribution is 2.31. The molecule has 114 valence electrons. The van der Waals surface area contributed by atoms with Gasteiger partial charge >= 0.3 is 0 Å². The fourth-order valence-electron chi connectivity index (χ4n) is 1.97. The van der Waals surface area contributed by atoms with Crippen LogP contribution < -0.4 is 14.8 Å². The van der Waals surface area contributed by atoms with Gasteiger partial charge in [-0.1, -0.05) is 31.9 Å². The molecule has 0 aliphatic heterocycles. The normalized spacial score (nSPS) is 12.2. The summed E-state index contributed by atoms with van der Waals surface area (Å²) in [5.41, 5.74) is 1.06. The number of hydrogen-bond donors (Lipinski definition) is 2. The molecule has 0 bridgehead atoms. The van der Waals surface area contributed by atoms with Crippen LogP contribution in [-0.2, 0) is 6.54 Å². The lowest BCUT2D eigenvalue weighted by atomic mass is 10.1. The Morgan fingerprint density at radius 2 is 2.10 bits per heavy atom. The maximum absolute atomic E-state index is 9.28. The number of rotatable bonds is 10. The van der Waals surface area contributed by atoms with Crippen LogP contribution in [-0.4, -0.2) is 31.5 Å². The maximum Gasteiger partial charge on any atom is 0.165 e. The number of methoxy groups -OCH3 is 1. The molecule has 2 N–H and O–H groups in total. The molecule has 4 heteroatoms. The molecule has 20 heavy (non-hydrogen) atoms. The van der Waals surface area contributed by atoms with Crippen molar-refractivity contribution in [3.8, 4) is 11.5 Å². The van der Waals surface area contributed by atoms with E-state index in [4.69, 9.17) is 9.47 Å². The van der Waals surface area contributed by atoms with Crippen molar-refractivity contribution >= 4 is 0 Å². The standard InChI is InChI=1S/C16H27NO3/c1-4-5-6-10-20-16-14(12-17-11-13(2)18)8-7-9-15(16)19-3/h7-9,13,17-18H,4-6,10-12H2,1-3H3. The summed E-state index contributed by atoms with van der Waals surface area (Å²) in [7, 11) is 1.65. The lowest BCUT2D eigenvalue weighted by molar-refractivity contribution is 0.190. The molecular weight excluding hydrogens is 254 g/mol. The number of aliphatic hydroxyl groups excluding tert-OH is 1. The van der Waals surface area contributed by atoms with Crippen LogP contribution in [0.5, 0.6) is 11.5 Å². The van der Waals surface area contributed by atoms with E-state index in [-0.39, 0.29) is 6.10 Å². The number of para-hydroxylation sites is 1. The molecule has 0 saturated heterocycles. The minimum absolute atomic E-state index is 0.352. The third-order valence-corrected chi connectivity index (χ3v) is 3.03. The number of ether oxygens (including phenoxy) is 2. The van der Waals surface area contributed by atoms with Crippen LogP contribution in [0.15, 0.2) is 18.2 Å². The summed E-state index contributed by atoms with van der Waals surface area (Å²) < 4.78 is 11.3. The molecule has 0 heterocycles. The van der Waals surface area contributed by atoms with E-state index < -0.39 is 0 Å². The van der Waals surface area contributed by atoms with Gasteiger partial charge in [0.2, 0.25) is 0 Å². The predicted octanol–water partition coefficient (Wildman–Crippen LogP) is 2.73. The second-order valence-corrected chi connectivity index (χ2v) is 4.98. The molecule has 0 radical (unpaired) electrons. The lowest BCUT2D eigenvalue weighted by Gasteiger charge is -2.16. The SMILES string of the molecule is CCCCCOc1c(CNCC(C)O)cccc1OC. The Hall–Kier alpha value is -1.26. The van der Waals surface area contributed by atoms with Gasteiger partial charge in [-0.15, -0.1) is 0 Å². The van der Waals surface area contributed by atoms with Gasteiger partial charge in [-0.25, -0.2) is 0 Å². The summed E-state index contributed by atoms with van der Waals surface area (Å²) in [5, 5.41) is 12.5. The zero-order chi connectivity index (χ0) is 14.8. The second kappa shape index (κ2) is 9.61. The van der Waals surface area contributed by atoms with Gasteiger partial charge in [-0.05, 0) is 19.4 Å². The highest BCUT2D eigenvalue weighted by Gasteiger charge is 2.10. The van der Waals surface area contributed by atoms with Crippen molar-refractivity contribution in [3.63, 3.8) is 0 Å². The average Bonchev–Trinajstić information content (AvgIpc) is 2.44. The minimum Gasteiger partial charge on any atom is -0.493 e. The molecule has 1 atom stereocenters. The van der Waals surface area contributed by atoms with Gasteiger partial charge in [-0.3, -0.25) is 0 Å². The molecule has 0 fully saturated rings. The van der Waals surface area contributed by atoms with Crippen LogP contribution in [0, 0.1) is 0 Å². The van der Waals surface area contributed by atoms with Gasteiger partial charge in [0.1, 0.15) is 0 Å². The predicted molar refractivity (Wildman–Crippen MR) is 81.4 cm³/mol. The largest absolute Gasteiger partial charge is 0.493 e. The van der Waals surface area contributed by atoms with Crippen molar-refractivity contribution < 1.29 is 14.6 Å². The molecule has 0 aliphatic carbocycles. The first-order valence-electron chi connectivity index (χ1n) is 7.36. The summed E-state index contributed by atoms with van der Waals surface area (Å²) in [4.78, 5) is 0. The van der Waals surface area contributed by atoms with E-state index in [1.165, 1.54) is 12.8 Å². The fourth-order valence-corrected chi connectivity index (χ4v) is 1.97. The first-order valence-corrected chi connectivity index (χ1v) is 7.36. The number of benzene rings is 1. The fraction of sp³-hybridized carbons (Fsp3) is 0.625. The third kappa shape index (κ3) is 5.80. The van der Waals surface area contributed by atoms with Crippen molar-refractivity contribution in [2.75, 3.05) is 20.3 Å². The molecule has 0 aromatic heterocycles. The van der Waals surface area contributed by atoms with Crippen LogP contribution in [0.3, 0.4) is 0 Å². The third-order valence-electron chi connectivity index (χ3n) is 3.03. The Bertz CT molecular complexity index is 380. The van der Waals surface area contributed by atoms with E-state index in [1.54, 1.807) is 14.0 Å². The zero-order valence-corrected chi connectivity index (χ0v) is 12.8. The molecular formula is C16H27NO3. The Morgan fingerprint density at radius 1 is 1.30 bits per heavy atom. The van der Waals surface area contributed by atoms with Crippen LogP contribution in [0.1, 0.15) is 38.7 Å². The summed E-state index contributed by atoms with van der Waals surface area (Å²) in [5.74, 6) is 1.57. The zero-order valence-electron chi connectivity index (χ0n) is 12.8. The first-order chi connectivity index (χ1) is 9.69. The average molecular weight is 281 g/mol. The topological polar surface area (TPSA) is 50.7 Å². The van der Waals surface area contributed by atoms with Crippen LogP contribution in [0.2, 0.25) is 0 Å². The molecule has 1 rings (SSSR count). The summed E-state index contributed by atoms with van der Waals surface area (Å²) in [6, 6.07) is 5.89. The van der Waals surface area contributed by atoms with E-state index in [0.29, 0.717) is 19.7 Å². The molecule has 0 aliphatic rings. The van der Waals surface area contributed by atoms with Crippen molar-refractivity contribution in [3.05, 3.63) is 23.8 Å². The first kappa shape index (κ1) is 16.8. The van der Waals surface area contributed by atoms with Crippen LogP contribution in [0.4, 0.5) is 0 Å². The van der Waals surface area contributed by atoms with Crippen LogP contribution in [0.25, 0.3) is 0 Å². The van der Waals surface area contributed by atoms with Gasteiger partial charge in [0, 0.05) is 18.7 Å². The van der Waals surface area contributed by atoms with Crippen molar-refractivity contribution in [1.29, 1.82) is 0 Å². The second-order valence-electron chi connectivity index (χ2n) is 4.98. The number of unbranched alkanes of at least 4 members (excludes halogenated alkanes) is 2. The van der Waals surface area contributed by atoms with E-state index in [1.807, 2.05) is 18.2 Å². The van der Waals surface area contributed by atoms with Gasteiger partial charge in [0.05, 0.1) is 19.8 Å². The van der Waals surface area contributed by atoms with Gasteiger partial charge in [-0.2, -0.15) is 0 Å². The smallest absolute Gasteiger partial charge is 0.165 e. The Labute approximate surface area is 122 Å². The highest BCUT2D eigenvalue weighted by atomic mass is 16.5. The van der Waals surface area contributed by atoms with Gasteiger partial charge in [0.15, 0.2) is 11.5 Å². The van der Waals surface area contributed by atoms with Crippen molar-refractivity contribution in [1.82, 2.24) is 5.32 Å². The van der Waals surface area contributed by atoms with Gasteiger partial charge < -0.3 is 19.9 Å². The monoisotopic (exact) mass is 281 g/mol. The summed E-state index contributed by atoms with van der Waals surface area (Å²) in [6.07, 6.45) is 3.05. The number of aliphatic hydroxyl groups is 1. The molecule has 1 aromatic carbocycles. The molecule has 1 aromatic rings. The van der Waals surface area contributed by atoms with Crippen molar-refractivity contribution in [2.45, 2.75) is 45.8 Å². The van der Waals surface area contributed by atoms with Gasteiger partial charge in [0.25, 0.3) is 0 Å².